The minimum atomic E-state index is -0.520. The Bertz CT molecular complexity index is 928. The van der Waals surface area contributed by atoms with Gasteiger partial charge in [-0.2, -0.15) is 5.26 Å². The standard InChI is InChI=1S/C21H19N3O2S/c1-14(2)15-8-10-16(11-9-15)23-20(26)18(12-22)21-24(19(25)13-27-21)17-6-4-3-5-7-17/h3-11,14H,13H2,1-2H3,(H,23,26)/b21-18-. The SMILES string of the molecule is CC(C)c1ccc(NC(=O)/C(C#N)=C2\SCC(=O)N2c2ccccc2)cc1. The molecule has 0 bridgehead atoms. The Morgan fingerprint density at radius 3 is 2.41 bits per heavy atom. The van der Waals surface area contributed by atoms with Crippen LogP contribution in [-0.4, -0.2) is 17.6 Å². The van der Waals surface area contributed by atoms with Crippen LogP contribution < -0.4 is 10.2 Å². The zero-order valence-corrected chi connectivity index (χ0v) is 15.9. The lowest BCUT2D eigenvalue weighted by Gasteiger charge is -2.18. The molecule has 136 valence electrons. The highest BCUT2D eigenvalue weighted by Crippen LogP contribution is 2.36. The molecule has 1 heterocycles. The predicted molar refractivity (Wildman–Crippen MR) is 108 cm³/mol. The number of nitrogens with zero attached hydrogens (tertiary/aromatic N) is 2. The normalized spacial score (nSPS) is 15.6. The summed E-state index contributed by atoms with van der Waals surface area (Å²) in [5.41, 5.74) is 2.35. The fourth-order valence-electron chi connectivity index (χ4n) is 2.74. The number of nitriles is 1. The molecule has 27 heavy (non-hydrogen) atoms. The zero-order chi connectivity index (χ0) is 19.4. The third-order valence-corrected chi connectivity index (χ3v) is 5.24. The third-order valence-electron chi connectivity index (χ3n) is 4.19. The van der Waals surface area contributed by atoms with Crippen molar-refractivity contribution in [2.75, 3.05) is 16.0 Å². The first-order valence-electron chi connectivity index (χ1n) is 8.57. The van der Waals surface area contributed by atoms with Gasteiger partial charge in [0.1, 0.15) is 16.7 Å². The number of carbonyl (C=O) groups excluding carboxylic acids is 2. The first-order valence-corrected chi connectivity index (χ1v) is 9.56. The van der Waals surface area contributed by atoms with Gasteiger partial charge in [0.05, 0.1) is 5.75 Å². The number of hydrogen-bond acceptors (Lipinski definition) is 4. The van der Waals surface area contributed by atoms with Crippen molar-refractivity contribution in [1.82, 2.24) is 0 Å². The summed E-state index contributed by atoms with van der Waals surface area (Å²) >= 11 is 1.20. The third kappa shape index (κ3) is 4.04. The van der Waals surface area contributed by atoms with Crippen LogP contribution in [0.4, 0.5) is 11.4 Å². The molecule has 0 saturated carbocycles. The fraction of sp³-hybridized carbons (Fsp3) is 0.190. The molecule has 0 unspecified atom stereocenters. The van der Waals surface area contributed by atoms with Crippen molar-refractivity contribution in [2.45, 2.75) is 19.8 Å². The van der Waals surface area contributed by atoms with E-state index in [0.29, 0.717) is 22.3 Å². The first kappa shape index (κ1) is 18.7. The summed E-state index contributed by atoms with van der Waals surface area (Å²) in [5.74, 6) is -0.0750. The number of para-hydroxylation sites is 1. The first-order chi connectivity index (χ1) is 13.0. The van der Waals surface area contributed by atoms with Gasteiger partial charge in [-0.3, -0.25) is 14.5 Å². The van der Waals surface area contributed by atoms with Crippen LogP contribution in [0.5, 0.6) is 0 Å². The summed E-state index contributed by atoms with van der Waals surface area (Å²) in [5, 5.41) is 12.7. The van der Waals surface area contributed by atoms with Crippen molar-refractivity contribution in [3.8, 4) is 6.07 Å². The Morgan fingerprint density at radius 1 is 1.15 bits per heavy atom. The molecule has 1 N–H and O–H groups in total. The highest BCUT2D eigenvalue weighted by molar-refractivity contribution is 8.04. The van der Waals surface area contributed by atoms with Crippen LogP contribution in [0.1, 0.15) is 25.3 Å². The van der Waals surface area contributed by atoms with E-state index in [-0.39, 0.29) is 17.2 Å². The average Bonchev–Trinajstić information content (AvgIpc) is 3.04. The maximum absolute atomic E-state index is 12.7. The molecule has 0 spiro atoms. The summed E-state index contributed by atoms with van der Waals surface area (Å²) in [4.78, 5) is 26.4. The number of amides is 2. The lowest BCUT2D eigenvalue weighted by Crippen LogP contribution is -2.26. The van der Waals surface area contributed by atoms with E-state index in [1.54, 1.807) is 12.1 Å². The van der Waals surface area contributed by atoms with Gasteiger partial charge in [0, 0.05) is 11.4 Å². The molecule has 1 saturated heterocycles. The number of hydrogen-bond donors (Lipinski definition) is 1. The molecule has 2 amide bonds. The molecule has 2 aromatic rings. The van der Waals surface area contributed by atoms with Gasteiger partial charge >= 0.3 is 0 Å². The average molecular weight is 377 g/mol. The summed E-state index contributed by atoms with van der Waals surface area (Å²) in [6.45, 7) is 4.19. The van der Waals surface area contributed by atoms with E-state index in [0.717, 1.165) is 0 Å². The quantitative estimate of drug-likeness (QED) is 0.638. The lowest BCUT2D eigenvalue weighted by molar-refractivity contribution is -0.115. The maximum atomic E-state index is 12.7. The molecule has 5 nitrogen and oxygen atoms in total. The van der Waals surface area contributed by atoms with Gasteiger partial charge in [-0.15, -0.1) is 0 Å². The minimum Gasteiger partial charge on any atom is -0.321 e. The van der Waals surface area contributed by atoms with E-state index in [4.69, 9.17) is 0 Å². The predicted octanol–water partition coefficient (Wildman–Crippen LogP) is 4.26. The van der Waals surface area contributed by atoms with Crippen molar-refractivity contribution < 1.29 is 9.59 Å². The van der Waals surface area contributed by atoms with Crippen molar-refractivity contribution in [1.29, 1.82) is 5.26 Å². The van der Waals surface area contributed by atoms with Gasteiger partial charge in [-0.1, -0.05) is 55.9 Å². The Labute approximate surface area is 162 Å². The fourth-order valence-corrected chi connectivity index (χ4v) is 3.74. The van der Waals surface area contributed by atoms with Crippen LogP contribution in [0.2, 0.25) is 0 Å². The van der Waals surface area contributed by atoms with Crippen molar-refractivity contribution in [2.24, 2.45) is 0 Å². The second-order valence-electron chi connectivity index (χ2n) is 6.38. The van der Waals surface area contributed by atoms with Crippen LogP contribution in [0.15, 0.2) is 65.2 Å². The highest BCUT2D eigenvalue weighted by atomic mass is 32.2. The second kappa shape index (κ2) is 8.11. The number of rotatable bonds is 4. The highest BCUT2D eigenvalue weighted by Gasteiger charge is 2.33. The molecular weight excluding hydrogens is 358 g/mol. The minimum absolute atomic E-state index is 0.0670. The lowest BCUT2D eigenvalue weighted by atomic mass is 10.0. The monoisotopic (exact) mass is 377 g/mol. The number of nitrogens with one attached hydrogen (secondary N) is 1. The van der Waals surface area contributed by atoms with Crippen molar-refractivity contribution >= 4 is 35.0 Å². The van der Waals surface area contributed by atoms with Gasteiger partial charge in [0.15, 0.2) is 0 Å². The Kier molecular flexibility index (Phi) is 5.63. The largest absolute Gasteiger partial charge is 0.321 e. The molecule has 3 rings (SSSR count). The van der Waals surface area contributed by atoms with Crippen LogP contribution in [0.25, 0.3) is 0 Å². The molecule has 1 aliphatic rings. The summed E-state index contributed by atoms with van der Waals surface area (Å²) in [6, 6.07) is 18.5. The number of benzene rings is 2. The topological polar surface area (TPSA) is 73.2 Å². The Balaban J connectivity index is 1.89. The van der Waals surface area contributed by atoms with E-state index < -0.39 is 5.91 Å². The second-order valence-corrected chi connectivity index (χ2v) is 7.34. The molecule has 0 aromatic heterocycles. The number of carbonyl (C=O) groups is 2. The van der Waals surface area contributed by atoms with E-state index in [9.17, 15) is 14.9 Å². The van der Waals surface area contributed by atoms with Gasteiger partial charge in [0.2, 0.25) is 5.91 Å². The summed E-state index contributed by atoms with van der Waals surface area (Å²) < 4.78 is 0. The Hall–Kier alpha value is -3.04. The maximum Gasteiger partial charge on any atom is 0.269 e. The molecule has 0 aliphatic carbocycles. The number of anilines is 2. The molecule has 1 fully saturated rings. The van der Waals surface area contributed by atoms with Gasteiger partial charge in [-0.05, 0) is 35.7 Å². The van der Waals surface area contributed by atoms with Crippen LogP contribution >= 0.6 is 11.8 Å². The van der Waals surface area contributed by atoms with Crippen molar-refractivity contribution in [3.05, 3.63) is 70.8 Å². The van der Waals surface area contributed by atoms with Crippen LogP contribution in [0, 0.1) is 11.3 Å². The van der Waals surface area contributed by atoms with E-state index in [2.05, 4.69) is 19.2 Å². The van der Waals surface area contributed by atoms with Crippen LogP contribution in [0.3, 0.4) is 0 Å². The molecule has 0 radical (unpaired) electrons. The molecule has 1 aliphatic heterocycles. The van der Waals surface area contributed by atoms with Crippen molar-refractivity contribution in [3.63, 3.8) is 0 Å². The number of thioether (sulfide) groups is 1. The van der Waals surface area contributed by atoms with E-state index >= 15 is 0 Å². The van der Waals surface area contributed by atoms with Gasteiger partial charge in [-0.25, -0.2) is 0 Å². The molecule has 2 aromatic carbocycles. The molecule has 6 heteroatoms. The van der Waals surface area contributed by atoms with Gasteiger partial charge in [0.25, 0.3) is 5.91 Å². The zero-order valence-electron chi connectivity index (χ0n) is 15.1. The van der Waals surface area contributed by atoms with Crippen LogP contribution in [-0.2, 0) is 9.59 Å². The molecule has 0 atom stereocenters. The Morgan fingerprint density at radius 2 is 1.81 bits per heavy atom. The summed E-state index contributed by atoms with van der Waals surface area (Å²) in [7, 11) is 0. The smallest absolute Gasteiger partial charge is 0.269 e. The van der Waals surface area contributed by atoms with E-state index in [1.807, 2.05) is 48.5 Å². The van der Waals surface area contributed by atoms with Gasteiger partial charge < -0.3 is 5.32 Å². The summed E-state index contributed by atoms with van der Waals surface area (Å²) in [6.07, 6.45) is 0. The van der Waals surface area contributed by atoms with E-state index in [1.165, 1.54) is 22.2 Å². The molecular formula is C21H19N3O2S.